The number of benzene rings is 2. The van der Waals surface area contributed by atoms with Crippen LogP contribution in [0.1, 0.15) is 15.9 Å². The highest BCUT2D eigenvalue weighted by molar-refractivity contribution is 7.89. The summed E-state index contributed by atoms with van der Waals surface area (Å²) in [6.07, 6.45) is 0. The van der Waals surface area contributed by atoms with Gasteiger partial charge in [-0.1, -0.05) is 6.07 Å². The number of hydrogen-bond acceptors (Lipinski definition) is 5. The van der Waals surface area contributed by atoms with Crippen molar-refractivity contribution in [3.05, 3.63) is 69.3 Å². The summed E-state index contributed by atoms with van der Waals surface area (Å²) in [6.45, 7) is 1.58. The Hall–Kier alpha value is -2.92. The molecule has 0 atom stereocenters. The third-order valence-electron chi connectivity index (χ3n) is 4.69. The second kappa shape index (κ2) is 7.84. The summed E-state index contributed by atoms with van der Waals surface area (Å²) in [6, 6.07) is 6.43. The molecule has 154 valence electrons. The lowest BCUT2D eigenvalue weighted by molar-refractivity contribution is -0.385. The summed E-state index contributed by atoms with van der Waals surface area (Å²) < 4.78 is 53.4. The Kier molecular flexibility index (Phi) is 5.62. The molecule has 1 heterocycles. The van der Waals surface area contributed by atoms with E-state index < -0.39 is 32.5 Å². The molecular formula is C18H17F2N3O5S. The van der Waals surface area contributed by atoms with Crippen molar-refractivity contribution in [1.82, 2.24) is 9.21 Å². The SMILES string of the molecule is Cc1ccc([N+](=O)[O-])cc1S(=O)(=O)N1CCN(C(=O)c2ccc(F)c(F)c2)CC1. The predicted octanol–water partition coefficient (Wildman–Crippen LogP) is 2.33. The van der Waals surface area contributed by atoms with Crippen molar-refractivity contribution >= 4 is 21.6 Å². The van der Waals surface area contributed by atoms with Crippen LogP contribution in [0.2, 0.25) is 0 Å². The fourth-order valence-corrected chi connectivity index (χ4v) is 4.73. The van der Waals surface area contributed by atoms with E-state index in [1.807, 2.05) is 0 Å². The van der Waals surface area contributed by atoms with Crippen molar-refractivity contribution in [3.63, 3.8) is 0 Å². The molecule has 0 saturated carbocycles. The number of halogens is 2. The lowest BCUT2D eigenvalue weighted by Gasteiger charge is -2.34. The van der Waals surface area contributed by atoms with Crippen LogP contribution in [0.5, 0.6) is 0 Å². The molecule has 29 heavy (non-hydrogen) atoms. The molecule has 1 fully saturated rings. The Bertz CT molecular complexity index is 1080. The number of rotatable bonds is 4. The van der Waals surface area contributed by atoms with Gasteiger partial charge in [-0.15, -0.1) is 0 Å². The van der Waals surface area contributed by atoms with Crippen LogP contribution >= 0.6 is 0 Å². The van der Waals surface area contributed by atoms with Crippen LogP contribution in [-0.2, 0) is 10.0 Å². The number of hydrogen-bond donors (Lipinski definition) is 0. The number of carbonyl (C=O) groups is 1. The van der Waals surface area contributed by atoms with Crippen molar-refractivity contribution in [1.29, 1.82) is 0 Å². The smallest absolute Gasteiger partial charge is 0.270 e. The van der Waals surface area contributed by atoms with Gasteiger partial charge >= 0.3 is 0 Å². The first-order valence-corrected chi connectivity index (χ1v) is 10.0. The minimum atomic E-state index is -3.99. The number of nitro groups is 1. The third kappa shape index (κ3) is 4.10. The summed E-state index contributed by atoms with van der Waals surface area (Å²) in [5.41, 5.74) is 0.00644. The lowest BCUT2D eigenvalue weighted by atomic mass is 10.1. The van der Waals surface area contributed by atoms with Crippen LogP contribution in [0.4, 0.5) is 14.5 Å². The molecule has 8 nitrogen and oxygen atoms in total. The number of aryl methyl sites for hydroxylation is 1. The van der Waals surface area contributed by atoms with Crippen molar-refractivity contribution < 1.29 is 26.9 Å². The molecule has 0 N–H and O–H groups in total. The molecule has 0 radical (unpaired) electrons. The Balaban J connectivity index is 1.76. The summed E-state index contributed by atoms with van der Waals surface area (Å²) in [4.78, 5) is 23.9. The second-order valence-electron chi connectivity index (χ2n) is 6.53. The molecule has 2 aromatic rings. The number of non-ortho nitro benzene ring substituents is 1. The molecule has 0 aromatic heterocycles. The first-order valence-electron chi connectivity index (χ1n) is 8.61. The summed E-state index contributed by atoms with van der Waals surface area (Å²) in [7, 11) is -3.99. The molecule has 0 bridgehead atoms. The Morgan fingerprint density at radius 3 is 2.28 bits per heavy atom. The lowest BCUT2D eigenvalue weighted by Crippen LogP contribution is -2.50. The maximum Gasteiger partial charge on any atom is 0.270 e. The van der Waals surface area contributed by atoms with Gasteiger partial charge in [0.15, 0.2) is 11.6 Å². The molecule has 1 amide bonds. The standard InChI is InChI=1S/C18H17F2N3O5S/c1-12-2-4-14(23(25)26)11-17(12)29(27,28)22-8-6-21(7-9-22)18(24)13-3-5-15(19)16(20)10-13/h2-5,10-11H,6-9H2,1H3. The minimum Gasteiger partial charge on any atom is -0.336 e. The number of carbonyl (C=O) groups excluding carboxylic acids is 1. The first-order chi connectivity index (χ1) is 13.6. The zero-order chi connectivity index (χ0) is 21.3. The van der Waals surface area contributed by atoms with Gasteiger partial charge in [-0.25, -0.2) is 17.2 Å². The molecule has 1 aliphatic heterocycles. The Morgan fingerprint density at radius 2 is 1.69 bits per heavy atom. The van der Waals surface area contributed by atoms with Crippen LogP contribution in [-0.4, -0.2) is 54.6 Å². The van der Waals surface area contributed by atoms with E-state index in [0.717, 1.165) is 28.6 Å². The zero-order valence-electron chi connectivity index (χ0n) is 15.3. The van der Waals surface area contributed by atoms with E-state index in [2.05, 4.69) is 0 Å². The highest BCUT2D eigenvalue weighted by Crippen LogP contribution is 2.26. The van der Waals surface area contributed by atoms with Crippen LogP contribution < -0.4 is 0 Å². The average Bonchev–Trinajstić information content (AvgIpc) is 2.69. The van der Waals surface area contributed by atoms with E-state index >= 15 is 0 Å². The number of piperazine rings is 1. The van der Waals surface area contributed by atoms with Crippen molar-refractivity contribution in [3.8, 4) is 0 Å². The molecule has 0 aliphatic carbocycles. The number of nitro benzene ring substituents is 1. The molecule has 1 aliphatic rings. The largest absolute Gasteiger partial charge is 0.336 e. The van der Waals surface area contributed by atoms with Gasteiger partial charge in [-0.05, 0) is 30.7 Å². The van der Waals surface area contributed by atoms with Gasteiger partial charge in [0.1, 0.15) is 0 Å². The number of amides is 1. The second-order valence-corrected chi connectivity index (χ2v) is 8.44. The Morgan fingerprint density at radius 1 is 1.03 bits per heavy atom. The van der Waals surface area contributed by atoms with E-state index in [4.69, 9.17) is 0 Å². The fourth-order valence-electron chi connectivity index (χ4n) is 3.06. The van der Waals surface area contributed by atoms with Crippen LogP contribution in [0.25, 0.3) is 0 Å². The van der Waals surface area contributed by atoms with Gasteiger partial charge < -0.3 is 4.90 Å². The van der Waals surface area contributed by atoms with Gasteiger partial charge in [-0.3, -0.25) is 14.9 Å². The zero-order valence-corrected chi connectivity index (χ0v) is 16.2. The maximum atomic E-state index is 13.4. The highest BCUT2D eigenvalue weighted by atomic mass is 32.2. The fraction of sp³-hybridized carbons (Fsp3) is 0.278. The monoisotopic (exact) mass is 425 g/mol. The van der Waals surface area contributed by atoms with Crippen molar-refractivity contribution in [2.24, 2.45) is 0 Å². The van der Waals surface area contributed by atoms with Gasteiger partial charge in [0.05, 0.1) is 9.82 Å². The van der Waals surface area contributed by atoms with E-state index in [1.54, 1.807) is 6.92 Å². The van der Waals surface area contributed by atoms with Gasteiger partial charge in [0.25, 0.3) is 11.6 Å². The van der Waals surface area contributed by atoms with Gasteiger partial charge in [0, 0.05) is 43.9 Å². The maximum absolute atomic E-state index is 13.4. The van der Waals surface area contributed by atoms with E-state index in [1.165, 1.54) is 17.0 Å². The topological polar surface area (TPSA) is 101 Å². The van der Waals surface area contributed by atoms with Gasteiger partial charge in [0.2, 0.25) is 10.0 Å². The summed E-state index contributed by atoms with van der Waals surface area (Å²) in [5.74, 6) is -2.74. The third-order valence-corrected chi connectivity index (χ3v) is 6.73. The normalized spacial score (nSPS) is 15.3. The molecule has 2 aromatic carbocycles. The summed E-state index contributed by atoms with van der Waals surface area (Å²) in [5, 5.41) is 11.0. The molecular weight excluding hydrogens is 408 g/mol. The van der Waals surface area contributed by atoms with Crippen LogP contribution in [0.3, 0.4) is 0 Å². The molecule has 0 unspecified atom stereocenters. The van der Waals surface area contributed by atoms with Crippen LogP contribution in [0, 0.1) is 28.7 Å². The van der Waals surface area contributed by atoms with E-state index in [9.17, 15) is 32.1 Å². The number of sulfonamides is 1. The highest BCUT2D eigenvalue weighted by Gasteiger charge is 2.32. The van der Waals surface area contributed by atoms with E-state index in [0.29, 0.717) is 5.56 Å². The van der Waals surface area contributed by atoms with Crippen molar-refractivity contribution in [2.45, 2.75) is 11.8 Å². The van der Waals surface area contributed by atoms with Gasteiger partial charge in [-0.2, -0.15) is 4.31 Å². The average molecular weight is 425 g/mol. The molecule has 3 rings (SSSR count). The number of nitrogens with zero attached hydrogens (tertiary/aromatic N) is 3. The molecule has 0 spiro atoms. The molecule has 11 heteroatoms. The Labute approximate surface area is 165 Å². The predicted molar refractivity (Wildman–Crippen MR) is 98.9 cm³/mol. The molecule has 1 saturated heterocycles. The first kappa shape index (κ1) is 20.8. The minimum absolute atomic E-state index is 0.0279. The quantitative estimate of drug-likeness (QED) is 0.553. The van der Waals surface area contributed by atoms with E-state index in [-0.39, 0.29) is 42.3 Å². The van der Waals surface area contributed by atoms with Crippen molar-refractivity contribution in [2.75, 3.05) is 26.2 Å². The summed E-state index contributed by atoms with van der Waals surface area (Å²) >= 11 is 0. The van der Waals surface area contributed by atoms with Crippen LogP contribution in [0.15, 0.2) is 41.3 Å².